The number of phenolic OH excluding ortho intramolecular Hbond substituents is 1. The van der Waals surface area contributed by atoms with Gasteiger partial charge in [-0.2, -0.15) is 0 Å². The number of aromatic nitrogens is 1. The van der Waals surface area contributed by atoms with Crippen LogP contribution in [0.15, 0.2) is 30.3 Å². The van der Waals surface area contributed by atoms with Crippen molar-refractivity contribution in [2.24, 2.45) is 0 Å². The van der Waals surface area contributed by atoms with E-state index in [1.807, 2.05) is 0 Å². The number of hydrogen-bond acceptors (Lipinski definition) is 7. The van der Waals surface area contributed by atoms with E-state index in [9.17, 15) is 10.2 Å². The number of methoxy groups -OCH3 is 4. The van der Waals surface area contributed by atoms with Gasteiger partial charge < -0.3 is 29.2 Å². The summed E-state index contributed by atoms with van der Waals surface area (Å²) in [5, 5.41) is 20.6. The summed E-state index contributed by atoms with van der Waals surface area (Å²) in [6.45, 7) is -0.222. The topological polar surface area (TPSA) is 90.3 Å². The molecule has 0 saturated carbocycles. The third kappa shape index (κ3) is 3.17. The van der Waals surface area contributed by atoms with Crippen LogP contribution in [0, 0.1) is 0 Å². The second-order valence-electron chi connectivity index (χ2n) is 5.75. The monoisotopic (exact) mass is 371 g/mol. The first-order valence-corrected chi connectivity index (χ1v) is 8.18. The lowest BCUT2D eigenvalue weighted by molar-refractivity contribution is 0.282. The summed E-state index contributed by atoms with van der Waals surface area (Å²) in [5.41, 5.74) is 2.45. The molecule has 0 atom stereocenters. The molecule has 142 valence electrons. The zero-order chi connectivity index (χ0) is 19.6. The van der Waals surface area contributed by atoms with Crippen molar-refractivity contribution in [3.8, 4) is 40.0 Å². The van der Waals surface area contributed by atoms with Crippen LogP contribution < -0.4 is 18.9 Å². The smallest absolute Gasteiger partial charge is 0.204 e. The van der Waals surface area contributed by atoms with Crippen molar-refractivity contribution in [2.75, 3.05) is 28.4 Å². The average Bonchev–Trinajstić information content (AvgIpc) is 2.70. The lowest BCUT2D eigenvalue weighted by Crippen LogP contribution is -2.00. The van der Waals surface area contributed by atoms with Crippen molar-refractivity contribution in [1.82, 2.24) is 4.98 Å². The number of hydrogen-bond donors (Lipinski definition) is 2. The first-order chi connectivity index (χ1) is 13.1. The average molecular weight is 371 g/mol. The largest absolute Gasteiger partial charge is 0.504 e. The molecular formula is C20H21NO6. The minimum absolute atomic E-state index is 0.00679. The van der Waals surface area contributed by atoms with Gasteiger partial charge in [-0.1, -0.05) is 0 Å². The molecule has 0 aliphatic heterocycles. The maximum Gasteiger partial charge on any atom is 0.204 e. The number of ether oxygens (including phenoxy) is 4. The van der Waals surface area contributed by atoms with Crippen LogP contribution >= 0.6 is 0 Å². The highest BCUT2D eigenvalue weighted by Gasteiger charge is 2.20. The third-order valence-electron chi connectivity index (χ3n) is 4.33. The predicted octanol–water partition coefficient (Wildman–Crippen LogP) is 3.13. The Morgan fingerprint density at radius 3 is 2.11 bits per heavy atom. The normalized spacial score (nSPS) is 10.7. The van der Waals surface area contributed by atoms with E-state index in [0.29, 0.717) is 50.7 Å². The predicted molar refractivity (Wildman–Crippen MR) is 101 cm³/mol. The van der Waals surface area contributed by atoms with Crippen molar-refractivity contribution in [1.29, 1.82) is 0 Å². The Labute approximate surface area is 156 Å². The van der Waals surface area contributed by atoms with Crippen LogP contribution in [0.4, 0.5) is 0 Å². The molecule has 0 fully saturated rings. The van der Waals surface area contributed by atoms with Crippen LogP contribution in [0.3, 0.4) is 0 Å². The first kappa shape index (κ1) is 18.6. The van der Waals surface area contributed by atoms with Gasteiger partial charge >= 0.3 is 0 Å². The number of fused-ring (bicyclic) bond motifs is 1. The molecule has 3 aromatic rings. The van der Waals surface area contributed by atoms with Gasteiger partial charge in [-0.3, -0.25) is 0 Å². The van der Waals surface area contributed by atoms with Crippen LogP contribution in [0.25, 0.3) is 22.2 Å². The highest BCUT2D eigenvalue weighted by atomic mass is 16.5. The summed E-state index contributed by atoms with van der Waals surface area (Å²) < 4.78 is 21.4. The summed E-state index contributed by atoms with van der Waals surface area (Å²) in [6, 6.07) is 8.48. The second-order valence-corrected chi connectivity index (χ2v) is 5.75. The Kier molecular flexibility index (Phi) is 5.23. The molecule has 2 aromatic carbocycles. The molecule has 0 radical (unpaired) electrons. The molecule has 0 spiro atoms. The number of phenols is 1. The SMILES string of the molecule is COc1ccc(-c2cc(CO)c3c(OC)c(OC)c(OC)cc3n2)cc1O. The molecule has 1 heterocycles. The summed E-state index contributed by atoms with van der Waals surface area (Å²) in [5.74, 6) is 1.71. The zero-order valence-corrected chi connectivity index (χ0v) is 15.6. The van der Waals surface area contributed by atoms with Crippen LogP contribution in [-0.4, -0.2) is 43.6 Å². The van der Waals surface area contributed by atoms with Crippen molar-refractivity contribution in [3.63, 3.8) is 0 Å². The summed E-state index contributed by atoms with van der Waals surface area (Å²) in [6.07, 6.45) is 0. The van der Waals surface area contributed by atoms with Gasteiger partial charge in [0.2, 0.25) is 5.75 Å². The Morgan fingerprint density at radius 2 is 1.56 bits per heavy atom. The van der Waals surface area contributed by atoms with Crippen molar-refractivity contribution in [3.05, 3.63) is 35.9 Å². The van der Waals surface area contributed by atoms with Crippen molar-refractivity contribution in [2.45, 2.75) is 6.61 Å². The molecule has 7 nitrogen and oxygen atoms in total. The second kappa shape index (κ2) is 7.59. The number of aliphatic hydroxyl groups excluding tert-OH is 1. The molecule has 0 saturated heterocycles. The van der Waals surface area contributed by atoms with Gasteiger partial charge in [0, 0.05) is 11.6 Å². The zero-order valence-electron chi connectivity index (χ0n) is 15.6. The van der Waals surface area contributed by atoms with E-state index in [2.05, 4.69) is 4.98 Å². The van der Waals surface area contributed by atoms with Crippen LogP contribution in [0.1, 0.15) is 5.56 Å². The molecule has 0 aliphatic rings. The third-order valence-corrected chi connectivity index (χ3v) is 4.33. The molecule has 3 rings (SSSR count). The molecular weight excluding hydrogens is 350 g/mol. The minimum atomic E-state index is -0.222. The molecule has 27 heavy (non-hydrogen) atoms. The molecule has 0 aliphatic carbocycles. The number of nitrogens with zero attached hydrogens (tertiary/aromatic N) is 1. The molecule has 0 amide bonds. The van der Waals surface area contributed by atoms with Crippen molar-refractivity contribution < 1.29 is 29.2 Å². The fourth-order valence-electron chi connectivity index (χ4n) is 3.06. The van der Waals surface area contributed by atoms with E-state index in [1.54, 1.807) is 30.3 Å². The number of aromatic hydroxyl groups is 1. The van der Waals surface area contributed by atoms with Crippen LogP contribution in [0.5, 0.6) is 28.7 Å². The van der Waals surface area contributed by atoms with Gasteiger partial charge in [0.05, 0.1) is 51.6 Å². The maximum absolute atomic E-state index is 10.1. The first-order valence-electron chi connectivity index (χ1n) is 8.18. The van der Waals surface area contributed by atoms with Gasteiger partial charge in [0.1, 0.15) is 0 Å². The molecule has 0 bridgehead atoms. The van der Waals surface area contributed by atoms with Crippen LogP contribution in [-0.2, 0) is 6.61 Å². The highest BCUT2D eigenvalue weighted by molar-refractivity contribution is 5.94. The minimum Gasteiger partial charge on any atom is -0.504 e. The lowest BCUT2D eigenvalue weighted by atomic mass is 10.0. The van der Waals surface area contributed by atoms with E-state index < -0.39 is 0 Å². The van der Waals surface area contributed by atoms with Gasteiger partial charge in [-0.25, -0.2) is 4.98 Å². The van der Waals surface area contributed by atoms with E-state index >= 15 is 0 Å². The lowest BCUT2D eigenvalue weighted by Gasteiger charge is -2.17. The van der Waals surface area contributed by atoms with Gasteiger partial charge in [0.25, 0.3) is 0 Å². The maximum atomic E-state index is 10.1. The Bertz CT molecular complexity index is 986. The fourth-order valence-corrected chi connectivity index (χ4v) is 3.06. The van der Waals surface area contributed by atoms with E-state index in [0.717, 1.165) is 0 Å². The summed E-state index contributed by atoms with van der Waals surface area (Å²) in [4.78, 5) is 4.66. The number of aliphatic hydroxyl groups is 1. The van der Waals surface area contributed by atoms with Gasteiger partial charge in [-0.15, -0.1) is 0 Å². The highest BCUT2D eigenvalue weighted by Crippen LogP contribution is 2.45. The van der Waals surface area contributed by atoms with E-state index in [-0.39, 0.29) is 12.4 Å². The number of benzene rings is 2. The van der Waals surface area contributed by atoms with E-state index in [1.165, 1.54) is 28.4 Å². The summed E-state index contributed by atoms with van der Waals surface area (Å²) in [7, 11) is 6.06. The molecule has 0 unspecified atom stereocenters. The Balaban J connectivity index is 2.30. The Morgan fingerprint density at radius 1 is 0.852 bits per heavy atom. The van der Waals surface area contributed by atoms with Gasteiger partial charge in [-0.05, 0) is 29.8 Å². The van der Waals surface area contributed by atoms with Crippen LogP contribution in [0.2, 0.25) is 0 Å². The standard InChI is InChI=1S/C20H21NO6/c1-24-16-6-5-11(8-15(16)23)13-7-12(10-22)18-14(21-13)9-17(25-2)19(26-3)20(18)27-4/h5-9,22-23H,10H2,1-4H3. The number of rotatable bonds is 6. The summed E-state index contributed by atoms with van der Waals surface area (Å²) >= 11 is 0. The Hall–Kier alpha value is -3.19. The quantitative estimate of drug-likeness (QED) is 0.688. The molecule has 2 N–H and O–H groups in total. The molecule has 1 aromatic heterocycles. The van der Waals surface area contributed by atoms with Crippen molar-refractivity contribution >= 4 is 10.9 Å². The molecule has 7 heteroatoms. The fraction of sp³-hybridized carbons (Fsp3) is 0.250. The number of pyridine rings is 1. The van der Waals surface area contributed by atoms with Gasteiger partial charge in [0.15, 0.2) is 23.0 Å². The van der Waals surface area contributed by atoms with E-state index in [4.69, 9.17) is 18.9 Å².